The third-order valence-electron chi connectivity index (χ3n) is 6.17. The molecule has 13 nitrogen and oxygen atoms in total. The van der Waals surface area contributed by atoms with Crippen molar-refractivity contribution >= 4 is 58.9 Å². The Hall–Kier alpha value is -2.65. The summed E-state index contributed by atoms with van der Waals surface area (Å²) in [4.78, 5) is 26.5. The largest absolute Gasteiger partial charge is 0.468 e. The molecule has 0 saturated carbocycles. The molecule has 17 heteroatoms. The molecule has 4 rings (SSSR count). The van der Waals surface area contributed by atoms with Crippen LogP contribution in [0, 0.1) is 0 Å². The van der Waals surface area contributed by atoms with Crippen LogP contribution >= 0.6 is 18.2 Å². The van der Waals surface area contributed by atoms with Crippen LogP contribution in [0.2, 0.25) is 0 Å². The van der Waals surface area contributed by atoms with Crippen LogP contribution in [0.5, 0.6) is 5.75 Å². The number of nitrogens with zero attached hydrogens (tertiary/aromatic N) is 5. The van der Waals surface area contributed by atoms with E-state index in [-0.39, 0.29) is 17.5 Å². The first-order valence-corrected chi connectivity index (χ1v) is 15.2. The first-order valence-electron chi connectivity index (χ1n) is 12.0. The fraction of sp³-hybridized carbons (Fsp3) is 0.478. The number of rotatable bonds is 11. The van der Waals surface area contributed by atoms with Gasteiger partial charge in [0.15, 0.2) is 29.4 Å². The summed E-state index contributed by atoms with van der Waals surface area (Å²) in [5.74, 6) is -0.239. The number of nitrogens with two attached hydrogens (primary N) is 1. The van der Waals surface area contributed by atoms with Gasteiger partial charge in [-0.1, -0.05) is 18.2 Å². The minimum Gasteiger partial charge on any atom is -0.468 e. The summed E-state index contributed by atoms with van der Waals surface area (Å²) >= 11 is 11.9. The van der Waals surface area contributed by atoms with Crippen molar-refractivity contribution in [3.05, 3.63) is 36.7 Å². The highest BCUT2D eigenvalue weighted by Gasteiger charge is 2.57. The number of benzene rings is 1. The Morgan fingerprint density at radius 1 is 1.40 bits per heavy atom. The number of hydrogen-bond acceptors (Lipinski definition) is 12. The summed E-state index contributed by atoms with van der Waals surface area (Å²) < 4.78 is 39.8. The number of nitrogens with one attached hydrogen (secondary N) is 1. The van der Waals surface area contributed by atoms with Gasteiger partial charge in [0.2, 0.25) is 5.95 Å². The lowest BCUT2D eigenvalue weighted by molar-refractivity contribution is -0.142. The lowest BCUT2D eigenvalue weighted by atomic mass is 9.99. The monoisotopic (exact) mass is 617 g/mol. The van der Waals surface area contributed by atoms with Gasteiger partial charge >= 0.3 is 12.6 Å². The maximum absolute atomic E-state index is 15.7. The predicted molar refractivity (Wildman–Crippen MR) is 150 cm³/mol. The van der Waals surface area contributed by atoms with Gasteiger partial charge in [-0.3, -0.25) is 9.36 Å². The number of carbonyl (C=O) groups is 1. The number of aliphatic hydroxyl groups excluding tert-OH is 1. The normalized spacial score (nSPS) is 24.9. The second kappa shape index (κ2) is 12.1. The van der Waals surface area contributed by atoms with Gasteiger partial charge < -0.3 is 34.3 Å². The zero-order valence-corrected chi connectivity index (χ0v) is 24.6. The van der Waals surface area contributed by atoms with Crippen LogP contribution in [0.15, 0.2) is 36.7 Å². The minimum atomic E-state index is -3.51. The van der Waals surface area contributed by atoms with E-state index in [1.54, 1.807) is 49.3 Å². The standard InChI is InChI=1S/C23H30ClFN7O6PS/c1-13(21(34)35-4)30-39(40,38-14-8-6-5-7-9-14)36-11-23(10-24)17(33)15(25)20(37-23)32-12-27-16-18(31(2)3)28-22(26)29-19(16)32/h5-9,12-13,15,17,20,33H,10-11H2,1-4H3,(H,30,40)(H2,26,28,29)/t13-,15+,17-,20+,23+,39?/m0/s1. The third-order valence-corrected chi connectivity index (χ3v) is 9.10. The minimum absolute atomic E-state index is 0.0524. The van der Waals surface area contributed by atoms with Crippen LogP contribution in [0.25, 0.3) is 11.2 Å². The van der Waals surface area contributed by atoms with E-state index in [0.717, 1.165) is 0 Å². The maximum atomic E-state index is 15.7. The number of aliphatic hydroxyl groups is 1. The van der Waals surface area contributed by atoms with Crippen LogP contribution in [0.4, 0.5) is 16.2 Å². The second-order valence-electron chi connectivity index (χ2n) is 9.27. The number of carbonyl (C=O) groups excluding carboxylic acids is 1. The molecule has 0 spiro atoms. The van der Waals surface area contributed by atoms with Crippen LogP contribution < -0.4 is 20.2 Å². The molecule has 0 aliphatic carbocycles. The zero-order chi connectivity index (χ0) is 29.2. The molecule has 1 aliphatic heterocycles. The summed E-state index contributed by atoms with van der Waals surface area (Å²) in [6.07, 6.45) is -3.77. The van der Waals surface area contributed by atoms with Gasteiger partial charge in [0.1, 0.15) is 23.5 Å². The Morgan fingerprint density at radius 3 is 2.73 bits per heavy atom. The molecule has 3 heterocycles. The van der Waals surface area contributed by atoms with Gasteiger partial charge in [0.25, 0.3) is 0 Å². The molecule has 0 bridgehead atoms. The number of nitrogen functional groups attached to an aromatic ring is 1. The molecule has 1 aromatic carbocycles. The molecule has 0 radical (unpaired) electrons. The van der Waals surface area contributed by atoms with Gasteiger partial charge in [-0.05, 0) is 30.9 Å². The van der Waals surface area contributed by atoms with E-state index >= 15 is 4.39 Å². The molecule has 3 aromatic rings. The number of aromatic nitrogens is 4. The number of halogens is 2. The Balaban J connectivity index is 1.63. The van der Waals surface area contributed by atoms with E-state index in [2.05, 4.69) is 20.0 Å². The summed E-state index contributed by atoms with van der Waals surface area (Å²) in [7, 11) is 4.73. The van der Waals surface area contributed by atoms with Gasteiger partial charge in [0.05, 0.1) is 25.9 Å². The van der Waals surface area contributed by atoms with Crippen LogP contribution in [0.1, 0.15) is 13.2 Å². The Morgan fingerprint density at radius 2 is 2.10 bits per heavy atom. The van der Waals surface area contributed by atoms with E-state index in [9.17, 15) is 9.90 Å². The van der Waals surface area contributed by atoms with Crippen LogP contribution in [0.3, 0.4) is 0 Å². The number of hydrogen-bond donors (Lipinski definition) is 3. The highest BCUT2D eigenvalue weighted by atomic mass is 35.5. The second-order valence-corrected chi connectivity index (χ2v) is 12.7. The molecule has 218 valence electrons. The van der Waals surface area contributed by atoms with Crippen LogP contribution in [-0.2, 0) is 30.6 Å². The molecule has 0 amide bonds. The summed E-state index contributed by atoms with van der Waals surface area (Å²) in [6.45, 7) is -2.47. The van der Waals surface area contributed by atoms with Crippen molar-refractivity contribution in [3.63, 3.8) is 0 Å². The van der Waals surface area contributed by atoms with Crippen molar-refractivity contribution in [2.24, 2.45) is 0 Å². The molecule has 1 saturated heterocycles. The Labute approximate surface area is 239 Å². The third kappa shape index (κ3) is 6.00. The number of methoxy groups -OCH3 is 1. The topological polar surface area (TPSA) is 159 Å². The van der Waals surface area contributed by atoms with E-state index in [1.165, 1.54) is 24.9 Å². The molecule has 1 fully saturated rings. The highest BCUT2D eigenvalue weighted by molar-refractivity contribution is 8.09. The molecule has 40 heavy (non-hydrogen) atoms. The summed E-state index contributed by atoms with van der Waals surface area (Å²) in [5.41, 5.74) is 4.69. The van der Waals surface area contributed by atoms with Crippen molar-refractivity contribution in [3.8, 4) is 5.75 Å². The van der Waals surface area contributed by atoms with Gasteiger partial charge in [-0.15, -0.1) is 11.6 Å². The zero-order valence-electron chi connectivity index (χ0n) is 22.1. The van der Waals surface area contributed by atoms with Crippen LogP contribution in [-0.4, -0.2) is 88.2 Å². The summed E-state index contributed by atoms with van der Waals surface area (Å²) in [5, 5.41) is 13.9. The smallest absolute Gasteiger partial charge is 0.323 e. The number of para-hydroxylation sites is 1. The van der Waals surface area contributed by atoms with Crippen molar-refractivity contribution in [1.29, 1.82) is 0 Å². The number of fused-ring (bicyclic) bond motifs is 1. The SMILES string of the molecule is COC(=O)[C@H](C)NP(=S)(OC[C@@]1(CCl)O[C@@H](n2cnc3c(N(C)C)nc(N)nc32)[C@H](F)[C@@H]1O)Oc1ccccc1. The Bertz CT molecular complexity index is 1400. The van der Waals surface area contributed by atoms with Gasteiger partial charge in [-0.25, -0.2) is 14.5 Å². The molecular formula is C23H30ClFN7O6PS. The molecule has 1 unspecified atom stereocenters. The molecule has 4 N–H and O–H groups in total. The van der Waals surface area contributed by atoms with Gasteiger partial charge in [0, 0.05) is 14.1 Å². The van der Waals surface area contributed by atoms with Crippen molar-refractivity contribution in [1.82, 2.24) is 24.6 Å². The number of imidazole rings is 1. The number of esters is 1. The van der Waals surface area contributed by atoms with E-state index in [4.69, 9.17) is 47.7 Å². The lowest BCUT2D eigenvalue weighted by Gasteiger charge is -2.33. The number of anilines is 2. The number of ether oxygens (including phenoxy) is 2. The quantitative estimate of drug-likeness (QED) is 0.163. The van der Waals surface area contributed by atoms with E-state index in [1.807, 2.05) is 0 Å². The summed E-state index contributed by atoms with van der Waals surface area (Å²) in [6, 6.07) is 7.65. The predicted octanol–water partition coefficient (Wildman–Crippen LogP) is 2.15. The van der Waals surface area contributed by atoms with Crippen molar-refractivity contribution in [2.45, 2.75) is 37.1 Å². The van der Waals surface area contributed by atoms with E-state index < -0.39 is 49.4 Å². The average molecular weight is 618 g/mol. The van der Waals surface area contributed by atoms with Crippen molar-refractivity contribution in [2.75, 3.05) is 44.3 Å². The molecule has 6 atom stereocenters. The molecule has 2 aromatic heterocycles. The van der Waals surface area contributed by atoms with Crippen molar-refractivity contribution < 1.29 is 32.8 Å². The maximum Gasteiger partial charge on any atom is 0.323 e. The fourth-order valence-corrected chi connectivity index (χ4v) is 6.82. The fourth-order valence-electron chi connectivity index (χ4n) is 4.09. The first-order chi connectivity index (χ1) is 18.9. The lowest BCUT2D eigenvalue weighted by Crippen LogP contribution is -2.48. The van der Waals surface area contributed by atoms with Gasteiger partial charge in [-0.2, -0.15) is 9.97 Å². The Kier molecular flexibility index (Phi) is 9.15. The average Bonchev–Trinajstić information content (AvgIpc) is 3.45. The molecule has 1 aliphatic rings. The molecular weight excluding hydrogens is 588 g/mol. The first kappa shape index (κ1) is 30.3. The van der Waals surface area contributed by atoms with E-state index in [0.29, 0.717) is 17.1 Å². The number of alkyl halides is 2. The highest BCUT2D eigenvalue weighted by Crippen LogP contribution is 2.49.